The number of hydrogen-bond donors (Lipinski definition) is 1. The third-order valence-corrected chi connectivity index (χ3v) is 1.12. The number of carbonyl (C=O) groups is 1. The van der Waals surface area contributed by atoms with E-state index >= 15 is 0 Å². The van der Waals surface area contributed by atoms with Gasteiger partial charge < -0.3 is 10.1 Å². The summed E-state index contributed by atoms with van der Waals surface area (Å²) in [6.07, 6.45) is 2.95. The second-order valence-corrected chi connectivity index (χ2v) is 1.69. The fourth-order valence-corrected chi connectivity index (χ4v) is 0.688. The first-order valence-electron chi connectivity index (χ1n) is 2.46. The Labute approximate surface area is 42.9 Å². The monoisotopic (exact) mass is 98.1 g/mol. The van der Waals surface area contributed by atoms with Crippen LogP contribution in [0.2, 0.25) is 0 Å². The number of hydrogen-bond acceptors (Lipinski definition) is 2. The van der Waals surface area contributed by atoms with Gasteiger partial charge in [0, 0.05) is 6.54 Å². The molecule has 7 heavy (non-hydrogen) atoms. The summed E-state index contributed by atoms with van der Waals surface area (Å²) >= 11 is 0. The normalized spacial score (nSPS) is 30.6. The Morgan fingerprint density at radius 1 is 1.86 bits per heavy atom. The zero-order valence-corrected chi connectivity index (χ0v) is 4.05. The van der Waals surface area contributed by atoms with Crippen LogP contribution in [-0.4, -0.2) is 12.3 Å². The quantitative estimate of drug-likeness (QED) is 0.471. The Bertz CT molecular complexity index is 66.5. The Morgan fingerprint density at radius 2 is 2.71 bits per heavy atom. The van der Waals surface area contributed by atoms with E-state index in [-0.39, 0.29) is 6.04 Å². The molecule has 1 aliphatic rings. The molecule has 0 amide bonds. The van der Waals surface area contributed by atoms with Crippen LogP contribution in [0.15, 0.2) is 0 Å². The van der Waals surface area contributed by atoms with Gasteiger partial charge in [0.2, 0.25) is 0 Å². The Morgan fingerprint density at radius 3 is 3.00 bits per heavy atom. The standard InChI is InChI=1S/C5H8NO/c7-4-5-2-1-3-6-5/h3-6H,1-2H2. The topological polar surface area (TPSA) is 29.1 Å². The molecule has 0 aliphatic carbocycles. The lowest BCUT2D eigenvalue weighted by molar-refractivity contribution is -0.109. The molecule has 1 fully saturated rings. The summed E-state index contributed by atoms with van der Waals surface area (Å²) in [5.41, 5.74) is 0. The van der Waals surface area contributed by atoms with E-state index in [1.807, 2.05) is 6.54 Å². The number of carbonyl (C=O) groups excluding carboxylic acids is 1. The van der Waals surface area contributed by atoms with Gasteiger partial charge in [0.25, 0.3) is 0 Å². The fourth-order valence-electron chi connectivity index (χ4n) is 0.688. The lowest BCUT2D eigenvalue weighted by atomic mass is 10.2. The summed E-state index contributed by atoms with van der Waals surface area (Å²) in [5.74, 6) is 0. The van der Waals surface area contributed by atoms with Crippen molar-refractivity contribution < 1.29 is 4.79 Å². The molecule has 2 heteroatoms. The summed E-state index contributed by atoms with van der Waals surface area (Å²) in [4.78, 5) is 9.92. The van der Waals surface area contributed by atoms with Crippen molar-refractivity contribution in [2.45, 2.75) is 18.9 Å². The first-order valence-corrected chi connectivity index (χ1v) is 2.46. The molecule has 1 N–H and O–H groups in total. The second kappa shape index (κ2) is 2.07. The maximum atomic E-state index is 9.92. The van der Waals surface area contributed by atoms with Gasteiger partial charge in [-0.1, -0.05) is 0 Å². The van der Waals surface area contributed by atoms with Crippen LogP contribution in [0.4, 0.5) is 0 Å². The lowest BCUT2D eigenvalue weighted by Gasteiger charge is -1.93. The molecule has 1 radical (unpaired) electrons. The molecule has 1 atom stereocenters. The van der Waals surface area contributed by atoms with Gasteiger partial charge in [-0.15, -0.1) is 0 Å². The van der Waals surface area contributed by atoms with Crippen molar-refractivity contribution in [2.24, 2.45) is 0 Å². The molecule has 1 saturated heterocycles. The second-order valence-electron chi connectivity index (χ2n) is 1.69. The molecule has 1 rings (SSSR count). The van der Waals surface area contributed by atoms with E-state index in [0.29, 0.717) is 0 Å². The number of rotatable bonds is 1. The van der Waals surface area contributed by atoms with Gasteiger partial charge in [-0.05, 0) is 12.8 Å². The molecule has 0 saturated carbocycles. The molecule has 0 spiro atoms. The molecule has 2 nitrogen and oxygen atoms in total. The molecule has 1 unspecified atom stereocenters. The molecule has 1 heterocycles. The van der Waals surface area contributed by atoms with Crippen molar-refractivity contribution in [2.75, 3.05) is 0 Å². The third-order valence-electron chi connectivity index (χ3n) is 1.12. The minimum Gasteiger partial charge on any atom is -0.303 e. The maximum absolute atomic E-state index is 9.92. The van der Waals surface area contributed by atoms with Gasteiger partial charge in [-0.25, -0.2) is 0 Å². The van der Waals surface area contributed by atoms with E-state index in [1.54, 1.807) is 0 Å². The lowest BCUT2D eigenvalue weighted by Crippen LogP contribution is -2.19. The van der Waals surface area contributed by atoms with Crippen LogP contribution in [0.3, 0.4) is 0 Å². The van der Waals surface area contributed by atoms with Crippen LogP contribution < -0.4 is 5.32 Å². The van der Waals surface area contributed by atoms with Crippen molar-refractivity contribution >= 4 is 6.29 Å². The molecule has 0 aromatic carbocycles. The summed E-state index contributed by atoms with van der Waals surface area (Å²) in [7, 11) is 0. The summed E-state index contributed by atoms with van der Waals surface area (Å²) in [6, 6.07) is 0.111. The van der Waals surface area contributed by atoms with E-state index in [1.165, 1.54) is 0 Å². The Hall–Kier alpha value is -0.370. The Kier molecular flexibility index (Phi) is 1.42. The molecular formula is C5H8NO. The van der Waals surface area contributed by atoms with Crippen LogP contribution in [0.1, 0.15) is 12.8 Å². The van der Waals surface area contributed by atoms with Crippen LogP contribution in [0.25, 0.3) is 0 Å². The first kappa shape index (κ1) is 4.78. The molecule has 0 aromatic rings. The summed E-state index contributed by atoms with van der Waals surface area (Å²) in [5, 5.41) is 2.91. The largest absolute Gasteiger partial charge is 0.303 e. The predicted molar refractivity (Wildman–Crippen MR) is 26.5 cm³/mol. The van der Waals surface area contributed by atoms with Crippen molar-refractivity contribution in [3.63, 3.8) is 0 Å². The zero-order chi connectivity index (χ0) is 5.11. The van der Waals surface area contributed by atoms with Crippen molar-refractivity contribution in [1.29, 1.82) is 0 Å². The van der Waals surface area contributed by atoms with Gasteiger partial charge >= 0.3 is 0 Å². The van der Waals surface area contributed by atoms with Gasteiger partial charge in [0.15, 0.2) is 0 Å². The SMILES string of the molecule is O=CC1CC[CH]N1. The molecule has 1 aliphatic heterocycles. The minimum atomic E-state index is 0.111. The van der Waals surface area contributed by atoms with Gasteiger partial charge in [-0.3, -0.25) is 0 Å². The Balaban J connectivity index is 2.26. The molecule has 0 bridgehead atoms. The fraction of sp³-hybridized carbons (Fsp3) is 0.600. The van der Waals surface area contributed by atoms with Crippen LogP contribution in [-0.2, 0) is 4.79 Å². The van der Waals surface area contributed by atoms with Crippen LogP contribution >= 0.6 is 0 Å². The third kappa shape index (κ3) is 0.996. The van der Waals surface area contributed by atoms with Crippen LogP contribution in [0, 0.1) is 6.54 Å². The van der Waals surface area contributed by atoms with Crippen LogP contribution in [0.5, 0.6) is 0 Å². The van der Waals surface area contributed by atoms with Gasteiger partial charge in [0.1, 0.15) is 6.29 Å². The summed E-state index contributed by atoms with van der Waals surface area (Å²) in [6.45, 7) is 1.93. The van der Waals surface area contributed by atoms with E-state index < -0.39 is 0 Å². The average molecular weight is 98.1 g/mol. The smallest absolute Gasteiger partial charge is 0.136 e. The average Bonchev–Trinajstić information content (AvgIpc) is 2.14. The highest BCUT2D eigenvalue weighted by Crippen LogP contribution is 2.04. The zero-order valence-electron chi connectivity index (χ0n) is 4.05. The summed E-state index contributed by atoms with van der Waals surface area (Å²) < 4.78 is 0. The van der Waals surface area contributed by atoms with E-state index in [0.717, 1.165) is 19.1 Å². The van der Waals surface area contributed by atoms with Crippen molar-refractivity contribution in [1.82, 2.24) is 5.32 Å². The van der Waals surface area contributed by atoms with Crippen molar-refractivity contribution in [3.05, 3.63) is 6.54 Å². The van der Waals surface area contributed by atoms with E-state index in [2.05, 4.69) is 5.32 Å². The molecular weight excluding hydrogens is 90.1 g/mol. The highest BCUT2D eigenvalue weighted by atomic mass is 16.1. The van der Waals surface area contributed by atoms with E-state index in [9.17, 15) is 4.79 Å². The number of aldehydes is 1. The molecule has 39 valence electrons. The predicted octanol–water partition coefficient (Wildman–Crippen LogP) is 0.0991. The minimum absolute atomic E-state index is 0.111. The van der Waals surface area contributed by atoms with Gasteiger partial charge in [-0.2, -0.15) is 0 Å². The highest BCUT2D eigenvalue weighted by molar-refractivity contribution is 5.58. The van der Waals surface area contributed by atoms with Crippen molar-refractivity contribution in [3.8, 4) is 0 Å². The first-order chi connectivity index (χ1) is 3.43. The maximum Gasteiger partial charge on any atom is 0.136 e. The van der Waals surface area contributed by atoms with E-state index in [4.69, 9.17) is 0 Å². The molecule has 0 aromatic heterocycles. The highest BCUT2D eigenvalue weighted by Gasteiger charge is 2.11. The number of nitrogens with one attached hydrogen (secondary N) is 1. The van der Waals surface area contributed by atoms with Gasteiger partial charge in [0.05, 0.1) is 6.04 Å².